The first-order valence-corrected chi connectivity index (χ1v) is 6.58. The number of hydrogen-bond acceptors (Lipinski definition) is 3. The zero-order chi connectivity index (χ0) is 12.7. The largest absolute Gasteiger partial charge is 0.376 e. The second-order valence-electron chi connectivity index (χ2n) is 4.12. The molecule has 4 nitrogen and oxygen atoms in total. The van der Waals surface area contributed by atoms with Crippen LogP contribution in [0.15, 0.2) is 12.4 Å². The Balaban J connectivity index is 2.87. The SMILES string of the molecule is CCCC(OCC)C(NC)c1nccn1CC. The Labute approximate surface area is 104 Å². The fourth-order valence-corrected chi connectivity index (χ4v) is 2.19. The lowest BCUT2D eigenvalue weighted by Crippen LogP contribution is -2.34. The van der Waals surface area contributed by atoms with Gasteiger partial charge in [-0.1, -0.05) is 13.3 Å². The van der Waals surface area contributed by atoms with Crippen molar-refractivity contribution in [1.82, 2.24) is 14.9 Å². The van der Waals surface area contributed by atoms with Gasteiger partial charge in [0.2, 0.25) is 0 Å². The molecule has 0 fully saturated rings. The van der Waals surface area contributed by atoms with E-state index in [-0.39, 0.29) is 12.1 Å². The van der Waals surface area contributed by atoms with Crippen LogP contribution < -0.4 is 5.32 Å². The number of aromatic nitrogens is 2. The summed E-state index contributed by atoms with van der Waals surface area (Å²) in [5.41, 5.74) is 0. The van der Waals surface area contributed by atoms with Gasteiger partial charge >= 0.3 is 0 Å². The monoisotopic (exact) mass is 239 g/mol. The molecule has 0 aliphatic rings. The van der Waals surface area contributed by atoms with Crippen LogP contribution in [0.1, 0.15) is 45.5 Å². The lowest BCUT2D eigenvalue weighted by molar-refractivity contribution is 0.0265. The summed E-state index contributed by atoms with van der Waals surface area (Å²) in [5, 5.41) is 3.34. The van der Waals surface area contributed by atoms with Crippen LogP contribution in [0.2, 0.25) is 0 Å². The Hall–Kier alpha value is -0.870. The smallest absolute Gasteiger partial charge is 0.128 e. The molecule has 0 aliphatic carbocycles. The molecule has 0 radical (unpaired) electrons. The minimum Gasteiger partial charge on any atom is -0.376 e. The number of nitrogens with one attached hydrogen (secondary N) is 1. The highest BCUT2D eigenvalue weighted by Gasteiger charge is 2.24. The number of imidazole rings is 1. The normalized spacial score (nSPS) is 14.8. The predicted molar refractivity (Wildman–Crippen MR) is 70.0 cm³/mol. The van der Waals surface area contributed by atoms with Crippen LogP contribution in [0.25, 0.3) is 0 Å². The van der Waals surface area contributed by atoms with E-state index in [0.717, 1.165) is 31.8 Å². The molecule has 17 heavy (non-hydrogen) atoms. The lowest BCUT2D eigenvalue weighted by Gasteiger charge is -2.26. The van der Waals surface area contributed by atoms with E-state index in [1.54, 1.807) is 0 Å². The van der Waals surface area contributed by atoms with Crippen LogP contribution >= 0.6 is 0 Å². The van der Waals surface area contributed by atoms with Crippen molar-refractivity contribution in [3.8, 4) is 0 Å². The average molecular weight is 239 g/mol. The van der Waals surface area contributed by atoms with E-state index in [1.807, 2.05) is 26.4 Å². The third-order valence-corrected chi connectivity index (χ3v) is 3.00. The molecule has 1 heterocycles. The summed E-state index contributed by atoms with van der Waals surface area (Å²) in [4.78, 5) is 4.46. The summed E-state index contributed by atoms with van der Waals surface area (Å²) in [6.45, 7) is 8.05. The Morgan fingerprint density at radius 3 is 2.71 bits per heavy atom. The first-order chi connectivity index (χ1) is 8.28. The summed E-state index contributed by atoms with van der Waals surface area (Å²) >= 11 is 0. The summed E-state index contributed by atoms with van der Waals surface area (Å²) in [7, 11) is 1.97. The second-order valence-corrected chi connectivity index (χ2v) is 4.12. The maximum Gasteiger partial charge on any atom is 0.128 e. The van der Waals surface area contributed by atoms with E-state index >= 15 is 0 Å². The maximum atomic E-state index is 5.84. The van der Waals surface area contributed by atoms with Crippen molar-refractivity contribution in [3.05, 3.63) is 18.2 Å². The standard InChI is InChI=1S/C13H25N3O/c1-5-8-11(17-7-3)12(14-4)13-15-9-10-16(13)6-2/h9-12,14H,5-8H2,1-4H3. The van der Waals surface area contributed by atoms with Gasteiger partial charge in [0.05, 0.1) is 12.1 Å². The topological polar surface area (TPSA) is 39.1 Å². The quantitative estimate of drug-likeness (QED) is 0.757. The molecule has 0 aromatic carbocycles. The van der Waals surface area contributed by atoms with Crippen LogP contribution in [-0.2, 0) is 11.3 Å². The molecular formula is C13H25N3O. The van der Waals surface area contributed by atoms with Gasteiger partial charge in [0.1, 0.15) is 5.82 Å². The molecule has 1 aromatic heterocycles. The van der Waals surface area contributed by atoms with Crippen molar-refractivity contribution in [3.63, 3.8) is 0 Å². The third kappa shape index (κ3) is 3.54. The van der Waals surface area contributed by atoms with Crippen LogP contribution in [0, 0.1) is 0 Å². The van der Waals surface area contributed by atoms with Crippen molar-refractivity contribution >= 4 is 0 Å². The Kier molecular flexibility index (Phi) is 6.22. The van der Waals surface area contributed by atoms with Crippen molar-refractivity contribution in [1.29, 1.82) is 0 Å². The van der Waals surface area contributed by atoms with Crippen LogP contribution in [0.4, 0.5) is 0 Å². The number of rotatable bonds is 8. The molecule has 1 aromatic rings. The minimum absolute atomic E-state index is 0.171. The van der Waals surface area contributed by atoms with Gasteiger partial charge in [0.25, 0.3) is 0 Å². The fraction of sp³-hybridized carbons (Fsp3) is 0.769. The Morgan fingerprint density at radius 2 is 2.18 bits per heavy atom. The minimum atomic E-state index is 0.171. The van der Waals surface area contributed by atoms with E-state index in [4.69, 9.17) is 4.74 Å². The number of ether oxygens (including phenoxy) is 1. The van der Waals surface area contributed by atoms with E-state index in [2.05, 4.69) is 28.7 Å². The van der Waals surface area contributed by atoms with Gasteiger partial charge in [-0.25, -0.2) is 4.98 Å². The molecule has 0 saturated heterocycles. The van der Waals surface area contributed by atoms with Gasteiger partial charge in [-0.3, -0.25) is 0 Å². The van der Waals surface area contributed by atoms with Crippen LogP contribution in [-0.4, -0.2) is 29.3 Å². The summed E-state index contributed by atoms with van der Waals surface area (Å²) in [6.07, 6.45) is 6.25. The maximum absolute atomic E-state index is 5.84. The zero-order valence-corrected chi connectivity index (χ0v) is 11.4. The van der Waals surface area contributed by atoms with E-state index in [1.165, 1.54) is 0 Å². The van der Waals surface area contributed by atoms with Gasteiger partial charge in [0, 0.05) is 25.5 Å². The van der Waals surface area contributed by atoms with Gasteiger partial charge in [-0.2, -0.15) is 0 Å². The van der Waals surface area contributed by atoms with Gasteiger partial charge in [0.15, 0.2) is 0 Å². The molecule has 1 N–H and O–H groups in total. The molecule has 0 bridgehead atoms. The fourth-order valence-electron chi connectivity index (χ4n) is 2.19. The van der Waals surface area contributed by atoms with E-state index < -0.39 is 0 Å². The first kappa shape index (κ1) is 14.2. The van der Waals surface area contributed by atoms with Crippen molar-refractivity contribution in [2.45, 2.75) is 52.3 Å². The predicted octanol–water partition coefficient (Wildman–Crippen LogP) is 2.37. The number of nitrogens with zero attached hydrogens (tertiary/aromatic N) is 2. The molecule has 4 heteroatoms. The molecule has 0 amide bonds. The highest BCUT2D eigenvalue weighted by Crippen LogP contribution is 2.21. The number of likely N-dealkylation sites (N-methyl/N-ethyl adjacent to an activating group) is 1. The molecule has 98 valence electrons. The van der Waals surface area contributed by atoms with Gasteiger partial charge in [-0.05, 0) is 27.3 Å². The Bertz CT molecular complexity index is 305. The Morgan fingerprint density at radius 1 is 1.41 bits per heavy atom. The third-order valence-electron chi connectivity index (χ3n) is 3.00. The van der Waals surface area contributed by atoms with Crippen LogP contribution in [0.3, 0.4) is 0 Å². The first-order valence-electron chi connectivity index (χ1n) is 6.58. The van der Waals surface area contributed by atoms with Gasteiger partial charge < -0.3 is 14.6 Å². The highest BCUT2D eigenvalue weighted by molar-refractivity contribution is 5.02. The van der Waals surface area contributed by atoms with E-state index in [0.29, 0.717) is 0 Å². The average Bonchev–Trinajstić information content (AvgIpc) is 2.79. The summed E-state index contributed by atoms with van der Waals surface area (Å²) in [5.74, 6) is 1.07. The second kappa shape index (κ2) is 7.45. The number of aryl methyl sites for hydroxylation is 1. The molecule has 0 saturated carbocycles. The molecule has 2 atom stereocenters. The van der Waals surface area contributed by atoms with Crippen molar-refractivity contribution < 1.29 is 4.74 Å². The molecule has 1 rings (SSSR count). The lowest BCUT2D eigenvalue weighted by atomic mass is 10.1. The molecule has 0 spiro atoms. The molecule has 0 aliphatic heterocycles. The van der Waals surface area contributed by atoms with E-state index in [9.17, 15) is 0 Å². The molecular weight excluding hydrogens is 214 g/mol. The number of hydrogen-bond donors (Lipinski definition) is 1. The zero-order valence-electron chi connectivity index (χ0n) is 11.4. The van der Waals surface area contributed by atoms with Gasteiger partial charge in [-0.15, -0.1) is 0 Å². The van der Waals surface area contributed by atoms with Crippen molar-refractivity contribution in [2.24, 2.45) is 0 Å². The highest BCUT2D eigenvalue weighted by atomic mass is 16.5. The molecule has 2 unspecified atom stereocenters. The summed E-state index contributed by atoms with van der Waals surface area (Å²) in [6, 6.07) is 0.171. The van der Waals surface area contributed by atoms with Crippen molar-refractivity contribution in [2.75, 3.05) is 13.7 Å². The van der Waals surface area contributed by atoms with Crippen LogP contribution in [0.5, 0.6) is 0 Å². The summed E-state index contributed by atoms with van der Waals surface area (Å²) < 4.78 is 8.01.